The van der Waals surface area contributed by atoms with Crippen LogP contribution >= 0.6 is 0 Å². The van der Waals surface area contributed by atoms with E-state index >= 15 is 0 Å². The number of hydrogen-bond donors (Lipinski definition) is 2. The molecule has 6 nitrogen and oxygen atoms in total. The molecular weight excluding hydrogens is 303 g/mol. The minimum absolute atomic E-state index is 0.296. The molecule has 118 valence electrons. The molecule has 2 N–H and O–H groups in total. The van der Waals surface area contributed by atoms with Crippen molar-refractivity contribution in [3.63, 3.8) is 0 Å². The van der Waals surface area contributed by atoms with Gasteiger partial charge in [-0.25, -0.2) is 9.37 Å². The second-order valence-corrected chi connectivity index (χ2v) is 5.22. The summed E-state index contributed by atoms with van der Waals surface area (Å²) in [4.78, 5) is 26.6. The number of hydrogen-bond acceptors (Lipinski definition) is 4. The first-order chi connectivity index (χ1) is 11.0. The average molecular weight is 316 g/mol. The van der Waals surface area contributed by atoms with Gasteiger partial charge in [0.1, 0.15) is 11.6 Å². The Kier molecular flexibility index (Phi) is 3.92. The summed E-state index contributed by atoms with van der Waals surface area (Å²) < 4.78 is 18.2. The van der Waals surface area contributed by atoms with Crippen LogP contribution in [0.15, 0.2) is 42.6 Å². The SMILES string of the molecule is O=C(O)[C@H]1C[C@@H]1C(=O)Nc1ccc(Oc2ccc(F)cc2)nc1. The molecule has 1 fully saturated rings. The number of amides is 1. The number of rotatable bonds is 5. The molecule has 0 radical (unpaired) electrons. The molecule has 1 amide bonds. The lowest BCUT2D eigenvalue weighted by molar-refractivity contribution is -0.139. The molecule has 0 saturated heterocycles. The smallest absolute Gasteiger partial charge is 0.307 e. The molecule has 7 heteroatoms. The zero-order chi connectivity index (χ0) is 16.4. The van der Waals surface area contributed by atoms with E-state index < -0.39 is 17.8 Å². The van der Waals surface area contributed by atoms with Gasteiger partial charge in [-0.3, -0.25) is 9.59 Å². The number of carbonyl (C=O) groups excluding carboxylic acids is 1. The lowest BCUT2D eigenvalue weighted by Gasteiger charge is -2.07. The van der Waals surface area contributed by atoms with Gasteiger partial charge in [-0.15, -0.1) is 0 Å². The van der Waals surface area contributed by atoms with Crippen molar-refractivity contribution in [1.29, 1.82) is 0 Å². The number of ether oxygens (including phenoxy) is 1. The molecule has 0 unspecified atom stereocenters. The summed E-state index contributed by atoms with van der Waals surface area (Å²) in [6, 6.07) is 8.66. The molecule has 0 spiro atoms. The third kappa shape index (κ3) is 3.63. The molecular formula is C16H13FN2O4. The van der Waals surface area contributed by atoms with Crippen molar-refractivity contribution in [3.05, 3.63) is 48.4 Å². The van der Waals surface area contributed by atoms with Crippen LogP contribution < -0.4 is 10.1 Å². The molecule has 1 aliphatic carbocycles. The van der Waals surface area contributed by atoms with Crippen LogP contribution in [0.3, 0.4) is 0 Å². The topological polar surface area (TPSA) is 88.5 Å². The first kappa shape index (κ1) is 15.0. The fourth-order valence-corrected chi connectivity index (χ4v) is 2.13. The van der Waals surface area contributed by atoms with E-state index in [9.17, 15) is 14.0 Å². The Morgan fingerprint density at radius 2 is 1.91 bits per heavy atom. The van der Waals surface area contributed by atoms with Crippen molar-refractivity contribution < 1.29 is 23.8 Å². The maximum atomic E-state index is 12.8. The van der Waals surface area contributed by atoms with Gasteiger partial charge in [-0.1, -0.05) is 0 Å². The lowest BCUT2D eigenvalue weighted by Crippen LogP contribution is -2.16. The highest BCUT2D eigenvalue weighted by atomic mass is 19.1. The second-order valence-electron chi connectivity index (χ2n) is 5.22. The number of aliphatic carboxylic acids is 1. The minimum atomic E-state index is -0.952. The number of pyridine rings is 1. The van der Waals surface area contributed by atoms with Crippen LogP contribution in [0.2, 0.25) is 0 Å². The number of halogens is 1. The van der Waals surface area contributed by atoms with E-state index in [-0.39, 0.29) is 11.7 Å². The van der Waals surface area contributed by atoms with E-state index in [1.165, 1.54) is 30.5 Å². The number of nitrogens with one attached hydrogen (secondary N) is 1. The summed E-state index contributed by atoms with van der Waals surface area (Å²) in [5, 5.41) is 11.4. The largest absolute Gasteiger partial charge is 0.481 e. The highest BCUT2D eigenvalue weighted by Gasteiger charge is 2.48. The van der Waals surface area contributed by atoms with Gasteiger partial charge in [0, 0.05) is 6.07 Å². The molecule has 23 heavy (non-hydrogen) atoms. The summed E-state index contributed by atoms with van der Waals surface area (Å²) in [6.45, 7) is 0. The zero-order valence-corrected chi connectivity index (χ0v) is 11.9. The van der Waals surface area contributed by atoms with Crippen LogP contribution in [0, 0.1) is 17.7 Å². The third-order valence-corrected chi connectivity index (χ3v) is 3.48. The third-order valence-electron chi connectivity index (χ3n) is 3.48. The molecule has 0 aliphatic heterocycles. The van der Waals surface area contributed by atoms with Gasteiger partial charge in [-0.05, 0) is 36.8 Å². The van der Waals surface area contributed by atoms with Crippen molar-refractivity contribution in [2.45, 2.75) is 6.42 Å². The Balaban J connectivity index is 1.58. The molecule has 0 bridgehead atoms. The number of aromatic nitrogens is 1. The molecule has 1 heterocycles. The lowest BCUT2D eigenvalue weighted by atomic mass is 10.3. The van der Waals surface area contributed by atoms with E-state index in [1.807, 2.05) is 0 Å². The van der Waals surface area contributed by atoms with E-state index in [4.69, 9.17) is 9.84 Å². The highest BCUT2D eigenvalue weighted by molar-refractivity contribution is 5.98. The predicted octanol–water partition coefficient (Wildman–Crippen LogP) is 2.67. The van der Waals surface area contributed by atoms with Gasteiger partial charge in [0.2, 0.25) is 11.8 Å². The van der Waals surface area contributed by atoms with Gasteiger partial charge in [0.25, 0.3) is 0 Å². The monoisotopic (exact) mass is 316 g/mol. The first-order valence-corrected chi connectivity index (χ1v) is 6.96. The van der Waals surface area contributed by atoms with Crippen LogP contribution in [0.1, 0.15) is 6.42 Å². The number of carboxylic acid groups (broad SMARTS) is 1. The molecule has 1 saturated carbocycles. The van der Waals surface area contributed by atoms with Gasteiger partial charge in [-0.2, -0.15) is 0 Å². The normalized spacial score (nSPS) is 19.0. The summed E-state index contributed by atoms with van der Waals surface area (Å²) in [7, 11) is 0. The van der Waals surface area contributed by atoms with E-state index in [2.05, 4.69) is 10.3 Å². The molecule has 2 atom stereocenters. The first-order valence-electron chi connectivity index (χ1n) is 6.96. The molecule has 1 aromatic heterocycles. The average Bonchev–Trinajstić information content (AvgIpc) is 3.32. The van der Waals surface area contributed by atoms with E-state index in [0.717, 1.165) is 0 Å². The fourth-order valence-electron chi connectivity index (χ4n) is 2.13. The quantitative estimate of drug-likeness (QED) is 0.885. The van der Waals surface area contributed by atoms with Crippen molar-refractivity contribution in [2.24, 2.45) is 11.8 Å². The number of carboxylic acids is 1. The van der Waals surface area contributed by atoms with Crippen LogP contribution in [-0.4, -0.2) is 22.0 Å². The Bertz CT molecular complexity index is 731. The zero-order valence-electron chi connectivity index (χ0n) is 11.9. The molecule has 1 aliphatic rings. The summed E-state index contributed by atoms with van der Waals surface area (Å²) in [6.07, 6.45) is 1.77. The maximum absolute atomic E-state index is 12.8. The Morgan fingerprint density at radius 3 is 2.48 bits per heavy atom. The minimum Gasteiger partial charge on any atom is -0.481 e. The van der Waals surface area contributed by atoms with Crippen molar-refractivity contribution in [2.75, 3.05) is 5.32 Å². The number of nitrogens with zero attached hydrogens (tertiary/aromatic N) is 1. The summed E-state index contributed by atoms with van der Waals surface area (Å²) >= 11 is 0. The van der Waals surface area contributed by atoms with Crippen LogP contribution in [0.4, 0.5) is 10.1 Å². The molecule has 3 rings (SSSR count). The second kappa shape index (κ2) is 6.04. The summed E-state index contributed by atoms with van der Waals surface area (Å²) in [5.74, 6) is -1.98. The Hall–Kier alpha value is -2.96. The van der Waals surface area contributed by atoms with Crippen LogP contribution in [-0.2, 0) is 9.59 Å². The van der Waals surface area contributed by atoms with Gasteiger partial charge in [0.05, 0.1) is 23.7 Å². The number of carbonyl (C=O) groups is 2. The van der Waals surface area contributed by atoms with Crippen molar-refractivity contribution in [3.8, 4) is 11.6 Å². The number of anilines is 1. The fraction of sp³-hybridized carbons (Fsp3) is 0.188. The van der Waals surface area contributed by atoms with Gasteiger partial charge >= 0.3 is 5.97 Å². The number of benzene rings is 1. The predicted molar refractivity (Wildman–Crippen MR) is 78.6 cm³/mol. The van der Waals surface area contributed by atoms with Crippen LogP contribution in [0.25, 0.3) is 0 Å². The van der Waals surface area contributed by atoms with Gasteiger partial charge in [0.15, 0.2) is 0 Å². The van der Waals surface area contributed by atoms with Crippen LogP contribution in [0.5, 0.6) is 11.6 Å². The standard InChI is InChI=1S/C16H13FN2O4/c17-9-1-4-11(5-2-9)23-14-6-3-10(8-18-14)19-15(20)12-7-13(12)16(21)22/h1-6,8,12-13H,7H2,(H,19,20)(H,21,22)/t12-,13-/m0/s1. The van der Waals surface area contributed by atoms with Gasteiger partial charge < -0.3 is 15.2 Å². The Morgan fingerprint density at radius 1 is 1.17 bits per heavy atom. The van der Waals surface area contributed by atoms with Crippen molar-refractivity contribution >= 4 is 17.6 Å². The molecule has 2 aromatic rings. The maximum Gasteiger partial charge on any atom is 0.307 e. The van der Waals surface area contributed by atoms with E-state index in [1.54, 1.807) is 12.1 Å². The van der Waals surface area contributed by atoms with E-state index in [0.29, 0.717) is 23.7 Å². The molecule has 1 aromatic carbocycles. The highest BCUT2D eigenvalue weighted by Crippen LogP contribution is 2.39. The Labute approximate surface area is 130 Å². The summed E-state index contributed by atoms with van der Waals surface area (Å²) in [5.41, 5.74) is 0.456. The van der Waals surface area contributed by atoms with Crippen molar-refractivity contribution in [1.82, 2.24) is 4.98 Å².